The largest absolute Gasteiger partial charge is 0.316 e. The third kappa shape index (κ3) is 1.73. The summed E-state index contributed by atoms with van der Waals surface area (Å²) in [5.74, 6) is 0.0493. The van der Waals surface area contributed by atoms with Gasteiger partial charge in [-0.15, -0.1) is 0 Å². The van der Waals surface area contributed by atoms with Crippen LogP contribution in [0.5, 0.6) is 0 Å². The zero-order valence-corrected chi connectivity index (χ0v) is 10.8. The maximum absolute atomic E-state index is 13.3. The van der Waals surface area contributed by atoms with Crippen LogP contribution in [0.25, 0.3) is 0 Å². The molecule has 4 unspecified atom stereocenters. The van der Waals surface area contributed by atoms with Crippen molar-refractivity contribution in [3.8, 4) is 0 Å². The van der Waals surface area contributed by atoms with Gasteiger partial charge in [0.15, 0.2) is 11.6 Å². The van der Waals surface area contributed by atoms with Crippen LogP contribution < -0.4 is 5.32 Å². The van der Waals surface area contributed by atoms with Crippen molar-refractivity contribution in [2.75, 3.05) is 13.1 Å². The molecule has 1 aromatic rings. The molecule has 4 rings (SSSR count). The molecule has 0 saturated carbocycles. The highest BCUT2D eigenvalue weighted by Gasteiger charge is 2.54. The van der Waals surface area contributed by atoms with Crippen molar-refractivity contribution in [3.63, 3.8) is 0 Å². The van der Waals surface area contributed by atoms with Crippen molar-refractivity contribution in [1.82, 2.24) is 10.2 Å². The zero-order valence-electron chi connectivity index (χ0n) is 10.8. The SMILES string of the molecule is Fc1ccc(CN2C3CCC2C2CNCC23)cc1F. The van der Waals surface area contributed by atoms with E-state index in [1.165, 1.54) is 25.0 Å². The molecular formula is C15H18F2N2. The molecule has 3 fully saturated rings. The maximum atomic E-state index is 13.3. The minimum Gasteiger partial charge on any atom is -0.316 e. The van der Waals surface area contributed by atoms with Crippen LogP contribution in [-0.2, 0) is 6.54 Å². The lowest BCUT2D eigenvalue weighted by atomic mass is 9.82. The number of benzene rings is 1. The summed E-state index contributed by atoms with van der Waals surface area (Å²) in [4.78, 5) is 2.53. The summed E-state index contributed by atoms with van der Waals surface area (Å²) in [6.07, 6.45) is 2.52. The molecular weight excluding hydrogens is 246 g/mol. The van der Waals surface area contributed by atoms with Crippen LogP contribution in [0.1, 0.15) is 18.4 Å². The molecule has 3 saturated heterocycles. The summed E-state index contributed by atoms with van der Waals surface area (Å²) >= 11 is 0. The van der Waals surface area contributed by atoms with Crippen molar-refractivity contribution < 1.29 is 8.78 Å². The third-order valence-corrected chi connectivity index (χ3v) is 5.26. The molecule has 0 aliphatic carbocycles. The van der Waals surface area contributed by atoms with Crippen LogP contribution in [0.15, 0.2) is 18.2 Å². The number of nitrogens with one attached hydrogen (secondary N) is 1. The van der Waals surface area contributed by atoms with E-state index in [1.54, 1.807) is 6.07 Å². The molecule has 2 bridgehead atoms. The van der Waals surface area contributed by atoms with Crippen LogP contribution in [0, 0.1) is 23.5 Å². The normalized spacial score (nSPS) is 36.9. The Kier molecular flexibility index (Phi) is 2.64. The number of halogens is 2. The van der Waals surface area contributed by atoms with Crippen molar-refractivity contribution in [2.24, 2.45) is 11.8 Å². The van der Waals surface area contributed by atoms with E-state index in [0.29, 0.717) is 12.1 Å². The van der Waals surface area contributed by atoms with Gasteiger partial charge in [-0.25, -0.2) is 8.78 Å². The minimum absolute atomic E-state index is 0.637. The van der Waals surface area contributed by atoms with E-state index in [0.717, 1.165) is 37.0 Å². The summed E-state index contributed by atoms with van der Waals surface area (Å²) in [6, 6.07) is 5.58. The van der Waals surface area contributed by atoms with Gasteiger partial charge in [0.1, 0.15) is 0 Å². The lowest BCUT2D eigenvalue weighted by molar-refractivity contribution is 0.218. The molecule has 0 spiro atoms. The molecule has 19 heavy (non-hydrogen) atoms. The summed E-state index contributed by atoms with van der Waals surface area (Å²) in [6.45, 7) is 3.01. The summed E-state index contributed by atoms with van der Waals surface area (Å²) in [5.41, 5.74) is 0.892. The predicted octanol–water partition coefficient (Wildman–Crippen LogP) is 2.15. The van der Waals surface area contributed by atoms with E-state index in [4.69, 9.17) is 0 Å². The molecule has 0 aromatic heterocycles. The second-order valence-corrected chi connectivity index (χ2v) is 6.12. The van der Waals surface area contributed by atoms with Gasteiger partial charge in [0.05, 0.1) is 0 Å². The monoisotopic (exact) mass is 264 g/mol. The van der Waals surface area contributed by atoms with Gasteiger partial charge in [-0.2, -0.15) is 0 Å². The Balaban J connectivity index is 1.56. The predicted molar refractivity (Wildman–Crippen MR) is 68.6 cm³/mol. The molecule has 3 aliphatic rings. The van der Waals surface area contributed by atoms with Crippen LogP contribution >= 0.6 is 0 Å². The Labute approximate surface area is 111 Å². The van der Waals surface area contributed by atoms with Gasteiger partial charge in [-0.05, 0) is 55.5 Å². The first-order chi connectivity index (χ1) is 9.24. The number of fused-ring (bicyclic) bond motifs is 5. The lowest BCUT2D eigenvalue weighted by Gasteiger charge is -2.24. The highest BCUT2D eigenvalue weighted by Crippen LogP contribution is 2.47. The summed E-state index contributed by atoms with van der Waals surface area (Å²) < 4.78 is 26.3. The highest BCUT2D eigenvalue weighted by atomic mass is 19.2. The van der Waals surface area contributed by atoms with Gasteiger partial charge in [-0.1, -0.05) is 6.07 Å². The molecule has 102 valence electrons. The highest BCUT2D eigenvalue weighted by molar-refractivity contribution is 5.20. The molecule has 4 atom stereocenters. The fraction of sp³-hybridized carbons (Fsp3) is 0.600. The molecule has 3 aliphatic heterocycles. The van der Waals surface area contributed by atoms with E-state index in [2.05, 4.69) is 10.2 Å². The second kappa shape index (κ2) is 4.25. The zero-order chi connectivity index (χ0) is 13.0. The molecule has 0 radical (unpaired) electrons. The summed E-state index contributed by atoms with van der Waals surface area (Å²) in [5, 5.41) is 3.49. The number of hydrogen-bond acceptors (Lipinski definition) is 2. The Bertz CT molecular complexity index is 487. The average Bonchev–Trinajstić information content (AvgIpc) is 3.06. The molecule has 4 heteroatoms. The smallest absolute Gasteiger partial charge is 0.159 e. The van der Waals surface area contributed by atoms with Gasteiger partial charge >= 0.3 is 0 Å². The topological polar surface area (TPSA) is 15.3 Å². The van der Waals surface area contributed by atoms with Crippen molar-refractivity contribution in [2.45, 2.75) is 31.5 Å². The Hall–Kier alpha value is -1.00. The number of hydrogen-bond donors (Lipinski definition) is 1. The lowest BCUT2D eigenvalue weighted by Crippen LogP contribution is -2.33. The van der Waals surface area contributed by atoms with E-state index < -0.39 is 11.6 Å². The fourth-order valence-corrected chi connectivity index (χ4v) is 4.48. The van der Waals surface area contributed by atoms with Gasteiger partial charge in [-0.3, -0.25) is 4.90 Å². The summed E-state index contributed by atoms with van der Waals surface area (Å²) in [7, 11) is 0. The standard InChI is InChI=1S/C15H18F2N2/c16-12-2-1-9(5-13(12)17)8-19-14-3-4-15(19)11-7-18-6-10(11)14/h1-2,5,10-11,14-15,18H,3-4,6-8H2. The Morgan fingerprint density at radius 3 is 2.37 bits per heavy atom. The first kappa shape index (κ1) is 11.8. The first-order valence-electron chi connectivity index (χ1n) is 7.14. The van der Waals surface area contributed by atoms with Gasteiger partial charge in [0, 0.05) is 18.6 Å². The van der Waals surface area contributed by atoms with E-state index in [-0.39, 0.29) is 0 Å². The molecule has 0 amide bonds. The third-order valence-electron chi connectivity index (χ3n) is 5.26. The molecule has 1 aromatic carbocycles. The Morgan fingerprint density at radius 2 is 1.74 bits per heavy atom. The average molecular weight is 264 g/mol. The van der Waals surface area contributed by atoms with Gasteiger partial charge in [0.25, 0.3) is 0 Å². The van der Waals surface area contributed by atoms with Gasteiger partial charge in [0.2, 0.25) is 0 Å². The number of rotatable bonds is 2. The number of nitrogens with zero attached hydrogens (tertiary/aromatic N) is 1. The van der Waals surface area contributed by atoms with Gasteiger partial charge < -0.3 is 5.32 Å². The minimum atomic E-state index is -0.755. The Morgan fingerprint density at radius 1 is 1.05 bits per heavy atom. The van der Waals surface area contributed by atoms with Crippen LogP contribution in [0.3, 0.4) is 0 Å². The molecule has 2 nitrogen and oxygen atoms in total. The van der Waals surface area contributed by atoms with Crippen molar-refractivity contribution in [1.29, 1.82) is 0 Å². The van der Waals surface area contributed by atoms with Crippen LogP contribution in [0.4, 0.5) is 8.78 Å². The quantitative estimate of drug-likeness (QED) is 0.880. The van der Waals surface area contributed by atoms with Crippen molar-refractivity contribution in [3.05, 3.63) is 35.4 Å². The first-order valence-corrected chi connectivity index (χ1v) is 7.14. The van der Waals surface area contributed by atoms with Crippen LogP contribution in [0.2, 0.25) is 0 Å². The van der Waals surface area contributed by atoms with Crippen molar-refractivity contribution >= 4 is 0 Å². The van der Waals surface area contributed by atoms with E-state index >= 15 is 0 Å². The maximum Gasteiger partial charge on any atom is 0.159 e. The fourth-order valence-electron chi connectivity index (χ4n) is 4.48. The van der Waals surface area contributed by atoms with E-state index in [9.17, 15) is 8.78 Å². The second-order valence-electron chi connectivity index (χ2n) is 6.12. The molecule has 3 heterocycles. The molecule has 1 N–H and O–H groups in total. The van der Waals surface area contributed by atoms with Crippen LogP contribution in [-0.4, -0.2) is 30.1 Å². The van der Waals surface area contributed by atoms with E-state index in [1.807, 2.05) is 0 Å².